The molecule has 1 nitrogen and oxygen atoms in total. The zero-order valence-electron chi connectivity index (χ0n) is 16.7. The lowest BCUT2D eigenvalue weighted by Crippen LogP contribution is -2.52. The van der Waals surface area contributed by atoms with Crippen molar-refractivity contribution in [2.24, 2.45) is 23.2 Å². The topological polar surface area (TPSA) is 12.0 Å². The van der Waals surface area contributed by atoms with Crippen molar-refractivity contribution in [3.63, 3.8) is 0 Å². The molecule has 4 aliphatic carbocycles. The highest BCUT2D eigenvalue weighted by Gasteiger charge is 2.56. The van der Waals surface area contributed by atoms with Gasteiger partial charge in [0.25, 0.3) is 0 Å². The Kier molecular flexibility index (Phi) is 4.60. The number of hydrogen-bond acceptors (Lipinski definition) is 1. The molecule has 0 saturated heterocycles. The molecule has 2 aromatic rings. The van der Waals surface area contributed by atoms with E-state index >= 15 is 0 Å². The third kappa shape index (κ3) is 3.36. The predicted octanol–water partition coefficient (Wildman–Crippen LogP) is 6.08. The van der Waals surface area contributed by atoms with Gasteiger partial charge in [0.05, 0.1) is 0 Å². The van der Waals surface area contributed by atoms with E-state index in [1.165, 1.54) is 49.7 Å². The number of nitrogens with one attached hydrogen (secondary N) is 1. The van der Waals surface area contributed by atoms with Crippen molar-refractivity contribution in [2.75, 3.05) is 6.54 Å². The Labute approximate surface area is 164 Å². The molecule has 27 heavy (non-hydrogen) atoms. The number of rotatable bonds is 6. The Bertz CT molecular complexity index is 749. The fourth-order valence-electron chi connectivity index (χ4n) is 7.13. The Morgan fingerprint density at radius 1 is 0.889 bits per heavy atom. The first kappa shape index (κ1) is 17.5. The number of benzene rings is 2. The van der Waals surface area contributed by atoms with Crippen LogP contribution in [-0.4, -0.2) is 6.54 Å². The second-order valence-corrected chi connectivity index (χ2v) is 9.77. The molecule has 0 aromatic heterocycles. The van der Waals surface area contributed by atoms with Crippen LogP contribution in [0.5, 0.6) is 0 Å². The van der Waals surface area contributed by atoms with Gasteiger partial charge in [0.15, 0.2) is 0 Å². The summed E-state index contributed by atoms with van der Waals surface area (Å²) in [5, 5.41) is 3.76. The van der Waals surface area contributed by atoms with Crippen LogP contribution in [0.25, 0.3) is 0 Å². The summed E-state index contributed by atoms with van der Waals surface area (Å²) in [5.41, 5.74) is 4.97. The summed E-state index contributed by atoms with van der Waals surface area (Å²) in [6, 6.07) is 20.4. The summed E-state index contributed by atoms with van der Waals surface area (Å²) in [7, 11) is 0. The van der Waals surface area contributed by atoms with Crippen LogP contribution in [0, 0.1) is 30.1 Å². The van der Waals surface area contributed by atoms with Crippen LogP contribution in [0.15, 0.2) is 54.6 Å². The lowest BCUT2D eigenvalue weighted by atomic mass is 9.43. The fraction of sp³-hybridized carbons (Fsp3) is 0.538. The van der Waals surface area contributed by atoms with Crippen LogP contribution in [-0.2, 0) is 6.54 Å². The van der Waals surface area contributed by atoms with Crippen LogP contribution in [0.4, 0.5) is 0 Å². The average Bonchev–Trinajstić information content (AvgIpc) is 2.67. The summed E-state index contributed by atoms with van der Waals surface area (Å²) >= 11 is 0. The lowest BCUT2D eigenvalue weighted by Gasteiger charge is -2.62. The lowest BCUT2D eigenvalue weighted by molar-refractivity contribution is -0.0796. The average molecular weight is 360 g/mol. The van der Waals surface area contributed by atoms with Crippen LogP contribution < -0.4 is 5.32 Å². The highest BCUT2D eigenvalue weighted by atomic mass is 14.9. The minimum absolute atomic E-state index is 0.549. The monoisotopic (exact) mass is 359 g/mol. The smallest absolute Gasteiger partial charge is 0.0205 e. The number of hydrogen-bond donors (Lipinski definition) is 1. The molecule has 4 bridgehead atoms. The van der Waals surface area contributed by atoms with E-state index in [1.807, 2.05) is 0 Å². The Hall–Kier alpha value is -1.60. The minimum atomic E-state index is 0.549. The van der Waals surface area contributed by atoms with E-state index < -0.39 is 0 Å². The molecule has 0 spiro atoms. The summed E-state index contributed by atoms with van der Waals surface area (Å²) in [6.07, 6.45) is 8.82. The maximum atomic E-state index is 3.76. The van der Waals surface area contributed by atoms with Gasteiger partial charge in [-0.3, -0.25) is 0 Å². The van der Waals surface area contributed by atoms with Gasteiger partial charge in [0.1, 0.15) is 0 Å². The van der Waals surface area contributed by atoms with Crippen molar-refractivity contribution >= 4 is 0 Å². The van der Waals surface area contributed by atoms with E-state index in [0.717, 1.165) is 36.8 Å². The Balaban J connectivity index is 1.33. The second-order valence-electron chi connectivity index (χ2n) is 9.77. The third-order valence-electron chi connectivity index (χ3n) is 7.87. The largest absolute Gasteiger partial charge is 0.313 e. The van der Waals surface area contributed by atoms with Gasteiger partial charge in [-0.15, -0.1) is 0 Å². The molecule has 3 unspecified atom stereocenters. The van der Waals surface area contributed by atoms with E-state index in [0.29, 0.717) is 5.41 Å². The van der Waals surface area contributed by atoms with E-state index in [4.69, 9.17) is 0 Å². The number of aryl methyl sites for hydroxylation is 1. The van der Waals surface area contributed by atoms with Gasteiger partial charge in [-0.2, -0.15) is 0 Å². The van der Waals surface area contributed by atoms with Gasteiger partial charge in [-0.25, -0.2) is 0 Å². The van der Waals surface area contributed by atoms with Crippen molar-refractivity contribution in [2.45, 2.75) is 57.9 Å². The maximum Gasteiger partial charge on any atom is 0.0205 e. The molecule has 1 N–H and O–H groups in total. The van der Waals surface area contributed by atoms with Gasteiger partial charge < -0.3 is 5.32 Å². The SMILES string of the molecule is Cc1ccc(C2C3CC4CC(C3)CC2(CCNCc2ccccc2)C4)cc1. The van der Waals surface area contributed by atoms with Crippen LogP contribution in [0.2, 0.25) is 0 Å². The summed E-state index contributed by atoms with van der Waals surface area (Å²) in [6.45, 7) is 4.37. The molecular formula is C26H33N. The Morgan fingerprint density at radius 3 is 2.30 bits per heavy atom. The highest BCUT2D eigenvalue weighted by molar-refractivity contribution is 5.30. The maximum absolute atomic E-state index is 3.76. The first-order valence-electron chi connectivity index (χ1n) is 11.0. The predicted molar refractivity (Wildman–Crippen MR) is 113 cm³/mol. The van der Waals surface area contributed by atoms with E-state index in [1.54, 1.807) is 5.56 Å². The molecule has 3 atom stereocenters. The Morgan fingerprint density at radius 2 is 1.59 bits per heavy atom. The van der Waals surface area contributed by atoms with Gasteiger partial charge in [0, 0.05) is 6.54 Å². The molecule has 2 aromatic carbocycles. The highest BCUT2D eigenvalue weighted by Crippen LogP contribution is 2.67. The molecule has 4 fully saturated rings. The molecule has 4 saturated carbocycles. The van der Waals surface area contributed by atoms with E-state index in [9.17, 15) is 0 Å². The van der Waals surface area contributed by atoms with Crippen LogP contribution >= 0.6 is 0 Å². The molecule has 1 heteroatoms. The molecule has 0 heterocycles. The molecular weight excluding hydrogens is 326 g/mol. The van der Waals surface area contributed by atoms with Crippen molar-refractivity contribution in [3.05, 3.63) is 71.3 Å². The zero-order chi connectivity index (χ0) is 18.3. The van der Waals surface area contributed by atoms with Gasteiger partial charge in [-0.05, 0) is 92.2 Å². The standard InChI is InChI=1S/C26H33N/c1-19-7-9-23(10-8-19)25-24-14-21-13-22(15-24)17-26(25,16-21)11-12-27-18-20-5-3-2-4-6-20/h2-10,21-22,24-25,27H,11-18H2,1H3. The summed E-state index contributed by atoms with van der Waals surface area (Å²) < 4.78 is 0. The summed E-state index contributed by atoms with van der Waals surface area (Å²) in [5.74, 6) is 3.76. The van der Waals surface area contributed by atoms with E-state index in [2.05, 4.69) is 66.8 Å². The molecule has 0 radical (unpaired) electrons. The quantitative estimate of drug-likeness (QED) is 0.616. The molecule has 6 rings (SSSR count). The van der Waals surface area contributed by atoms with Crippen LogP contribution in [0.1, 0.15) is 61.1 Å². The van der Waals surface area contributed by atoms with Crippen molar-refractivity contribution in [3.8, 4) is 0 Å². The third-order valence-corrected chi connectivity index (χ3v) is 7.87. The van der Waals surface area contributed by atoms with Crippen molar-refractivity contribution in [1.29, 1.82) is 0 Å². The first-order valence-corrected chi connectivity index (χ1v) is 11.0. The van der Waals surface area contributed by atoms with Gasteiger partial charge in [-0.1, -0.05) is 60.2 Å². The molecule has 142 valence electrons. The first-order chi connectivity index (χ1) is 13.2. The normalized spacial score (nSPS) is 34.1. The molecule has 0 aliphatic heterocycles. The second kappa shape index (κ2) is 7.09. The van der Waals surface area contributed by atoms with Crippen molar-refractivity contribution < 1.29 is 0 Å². The fourth-order valence-corrected chi connectivity index (χ4v) is 7.13. The minimum Gasteiger partial charge on any atom is -0.313 e. The van der Waals surface area contributed by atoms with E-state index in [-0.39, 0.29) is 0 Å². The van der Waals surface area contributed by atoms with Crippen LogP contribution in [0.3, 0.4) is 0 Å². The van der Waals surface area contributed by atoms with Crippen molar-refractivity contribution in [1.82, 2.24) is 5.32 Å². The van der Waals surface area contributed by atoms with Gasteiger partial charge >= 0.3 is 0 Å². The molecule has 4 aliphatic rings. The summed E-state index contributed by atoms with van der Waals surface area (Å²) in [4.78, 5) is 0. The van der Waals surface area contributed by atoms with Gasteiger partial charge in [0.2, 0.25) is 0 Å². The zero-order valence-corrected chi connectivity index (χ0v) is 16.7. The molecule has 0 amide bonds.